The zero-order valence-corrected chi connectivity index (χ0v) is 13.4. The zero-order chi connectivity index (χ0) is 16.5. The van der Waals surface area contributed by atoms with Crippen LogP contribution in [0.1, 0.15) is 40.0 Å². The third-order valence-corrected chi connectivity index (χ3v) is 3.98. The Morgan fingerprint density at radius 1 is 1.14 bits per heavy atom. The maximum atomic E-state index is 12.4. The van der Waals surface area contributed by atoms with Crippen molar-refractivity contribution in [1.82, 2.24) is 9.80 Å². The minimum Gasteiger partial charge on any atom is -0.480 e. The third kappa shape index (κ3) is 3.69. The number of carbonyl (C=O) groups excluding carboxylic acids is 2. The summed E-state index contributed by atoms with van der Waals surface area (Å²) in [6, 6.07) is -0.994. The Morgan fingerprint density at radius 2 is 1.73 bits per heavy atom. The van der Waals surface area contributed by atoms with E-state index >= 15 is 0 Å². The molecule has 0 unspecified atom stereocenters. The van der Waals surface area contributed by atoms with Crippen molar-refractivity contribution in [2.75, 3.05) is 19.6 Å². The highest BCUT2D eigenvalue weighted by atomic mass is 16.6. The fourth-order valence-electron chi connectivity index (χ4n) is 2.97. The van der Waals surface area contributed by atoms with Crippen LogP contribution >= 0.6 is 0 Å². The quantitative estimate of drug-likeness (QED) is 0.831. The first-order valence-electron chi connectivity index (χ1n) is 7.70. The van der Waals surface area contributed by atoms with Crippen LogP contribution in [0.5, 0.6) is 0 Å². The number of carboxylic acids is 1. The number of amides is 2. The molecule has 2 atom stereocenters. The van der Waals surface area contributed by atoms with Crippen LogP contribution in [0.2, 0.25) is 0 Å². The van der Waals surface area contributed by atoms with Gasteiger partial charge in [0.05, 0.1) is 5.92 Å². The molecule has 2 saturated heterocycles. The molecule has 2 rings (SSSR count). The summed E-state index contributed by atoms with van der Waals surface area (Å²) in [6.45, 7) is 6.73. The average molecular weight is 312 g/mol. The number of rotatable bonds is 2. The Balaban J connectivity index is 2.07. The first-order valence-corrected chi connectivity index (χ1v) is 7.70. The summed E-state index contributed by atoms with van der Waals surface area (Å²) in [5.41, 5.74) is -0.697. The average Bonchev–Trinajstić information content (AvgIpc) is 3.05. The van der Waals surface area contributed by atoms with Crippen molar-refractivity contribution in [2.45, 2.75) is 51.7 Å². The van der Waals surface area contributed by atoms with E-state index < -0.39 is 29.6 Å². The Morgan fingerprint density at radius 3 is 2.23 bits per heavy atom. The molecule has 2 aliphatic rings. The van der Waals surface area contributed by atoms with Gasteiger partial charge < -0.3 is 14.7 Å². The van der Waals surface area contributed by atoms with Crippen molar-refractivity contribution < 1.29 is 24.2 Å². The van der Waals surface area contributed by atoms with Crippen LogP contribution in [0.4, 0.5) is 4.79 Å². The maximum absolute atomic E-state index is 12.4. The van der Waals surface area contributed by atoms with Gasteiger partial charge in [0, 0.05) is 19.6 Å². The molecule has 0 spiro atoms. The van der Waals surface area contributed by atoms with Crippen molar-refractivity contribution in [1.29, 1.82) is 0 Å². The molecule has 0 aromatic carbocycles. The molecule has 2 amide bonds. The monoisotopic (exact) mass is 312 g/mol. The van der Waals surface area contributed by atoms with Crippen LogP contribution in [-0.2, 0) is 14.3 Å². The van der Waals surface area contributed by atoms with Crippen molar-refractivity contribution in [3.63, 3.8) is 0 Å². The standard InChI is InChI=1S/C15H24N2O5/c1-15(2,3)22-14(21)17-9-10(8-11(17)13(19)20)12(18)16-6-4-5-7-16/h10-11H,4-9H2,1-3H3,(H,19,20)/t10-,11-/m1/s1. The molecular weight excluding hydrogens is 288 g/mol. The molecule has 2 aliphatic heterocycles. The topological polar surface area (TPSA) is 87.2 Å². The third-order valence-electron chi connectivity index (χ3n) is 3.98. The van der Waals surface area contributed by atoms with E-state index in [1.165, 1.54) is 4.90 Å². The maximum Gasteiger partial charge on any atom is 0.411 e. The predicted octanol–water partition coefficient (Wildman–Crippen LogP) is 1.32. The number of carboxylic acid groups (broad SMARTS) is 1. The van der Waals surface area contributed by atoms with E-state index in [0.29, 0.717) is 0 Å². The molecule has 124 valence electrons. The van der Waals surface area contributed by atoms with Gasteiger partial charge in [0.2, 0.25) is 5.91 Å². The van der Waals surface area contributed by atoms with Gasteiger partial charge in [-0.1, -0.05) is 0 Å². The lowest BCUT2D eigenvalue weighted by Gasteiger charge is -2.27. The SMILES string of the molecule is CC(C)(C)OC(=O)N1C[C@H](C(=O)N2CCCC2)C[C@@H]1C(=O)O. The first-order chi connectivity index (χ1) is 10.2. The fraction of sp³-hybridized carbons (Fsp3) is 0.800. The lowest BCUT2D eigenvalue weighted by Crippen LogP contribution is -2.43. The van der Waals surface area contributed by atoms with Gasteiger partial charge in [0.25, 0.3) is 0 Å². The van der Waals surface area contributed by atoms with Crippen LogP contribution in [0, 0.1) is 5.92 Å². The number of aliphatic carboxylic acids is 1. The predicted molar refractivity (Wildman–Crippen MR) is 78.3 cm³/mol. The van der Waals surface area contributed by atoms with E-state index in [-0.39, 0.29) is 18.9 Å². The summed E-state index contributed by atoms with van der Waals surface area (Å²) in [4.78, 5) is 38.9. The highest BCUT2D eigenvalue weighted by molar-refractivity contribution is 5.86. The molecule has 22 heavy (non-hydrogen) atoms. The molecule has 7 heteroatoms. The minimum absolute atomic E-state index is 0.0465. The molecule has 0 aromatic rings. The molecule has 0 bridgehead atoms. The van der Waals surface area contributed by atoms with Gasteiger partial charge in [0.15, 0.2) is 0 Å². The van der Waals surface area contributed by atoms with Gasteiger partial charge in [-0.05, 0) is 40.0 Å². The van der Waals surface area contributed by atoms with Crippen molar-refractivity contribution in [3.05, 3.63) is 0 Å². The molecule has 0 aliphatic carbocycles. The first kappa shape index (κ1) is 16.6. The molecule has 7 nitrogen and oxygen atoms in total. The number of hydrogen-bond acceptors (Lipinski definition) is 4. The van der Waals surface area contributed by atoms with Crippen LogP contribution in [-0.4, -0.2) is 64.2 Å². The number of nitrogens with zero attached hydrogens (tertiary/aromatic N) is 2. The summed E-state index contributed by atoms with van der Waals surface area (Å²) in [5.74, 6) is -1.59. The highest BCUT2D eigenvalue weighted by Crippen LogP contribution is 2.28. The Hall–Kier alpha value is -1.79. The number of carbonyl (C=O) groups is 3. The fourth-order valence-corrected chi connectivity index (χ4v) is 2.97. The molecule has 1 N–H and O–H groups in total. The lowest BCUT2D eigenvalue weighted by atomic mass is 10.0. The smallest absolute Gasteiger partial charge is 0.411 e. The molecule has 0 aromatic heterocycles. The second-order valence-corrected chi connectivity index (χ2v) is 6.95. The lowest BCUT2D eigenvalue weighted by molar-refractivity contribution is -0.142. The summed E-state index contributed by atoms with van der Waals surface area (Å²) in [6.07, 6.45) is 1.45. The van der Waals surface area contributed by atoms with Crippen LogP contribution in [0.15, 0.2) is 0 Å². The summed E-state index contributed by atoms with van der Waals surface area (Å²) < 4.78 is 5.25. The second kappa shape index (κ2) is 6.14. The van der Waals surface area contributed by atoms with E-state index in [1.54, 1.807) is 25.7 Å². The summed E-state index contributed by atoms with van der Waals surface area (Å²) in [5, 5.41) is 9.32. The summed E-state index contributed by atoms with van der Waals surface area (Å²) in [7, 11) is 0. The van der Waals surface area contributed by atoms with Crippen LogP contribution in [0.25, 0.3) is 0 Å². The van der Waals surface area contributed by atoms with Crippen LogP contribution < -0.4 is 0 Å². The Kier molecular flexibility index (Phi) is 4.63. The number of hydrogen-bond donors (Lipinski definition) is 1. The largest absolute Gasteiger partial charge is 0.480 e. The second-order valence-electron chi connectivity index (χ2n) is 6.95. The minimum atomic E-state index is -1.09. The molecule has 0 radical (unpaired) electrons. The van der Waals surface area contributed by atoms with E-state index in [4.69, 9.17) is 4.74 Å². The highest BCUT2D eigenvalue weighted by Gasteiger charge is 2.45. The molecule has 2 heterocycles. The van der Waals surface area contributed by atoms with Gasteiger partial charge >= 0.3 is 12.1 Å². The Labute approximate surface area is 130 Å². The molecule has 0 saturated carbocycles. The van der Waals surface area contributed by atoms with Crippen LogP contribution in [0.3, 0.4) is 0 Å². The zero-order valence-electron chi connectivity index (χ0n) is 13.4. The molecular formula is C15H24N2O5. The Bertz CT molecular complexity index is 465. The number of ether oxygens (including phenoxy) is 1. The van der Waals surface area contributed by atoms with Crippen molar-refractivity contribution in [3.8, 4) is 0 Å². The van der Waals surface area contributed by atoms with Gasteiger partial charge in [0.1, 0.15) is 11.6 Å². The normalized spacial score (nSPS) is 25.4. The van der Waals surface area contributed by atoms with Crippen molar-refractivity contribution in [2.24, 2.45) is 5.92 Å². The number of likely N-dealkylation sites (tertiary alicyclic amines) is 2. The summed E-state index contributed by atoms with van der Waals surface area (Å²) >= 11 is 0. The van der Waals surface area contributed by atoms with E-state index in [9.17, 15) is 19.5 Å². The molecule has 2 fully saturated rings. The van der Waals surface area contributed by atoms with Gasteiger partial charge in [-0.3, -0.25) is 9.69 Å². The van der Waals surface area contributed by atoms with E-state index in [1.807, 2.05) is 0 Å². The van der Waals surface area contributed by atoms with Gasteiger partial charge in [-0.15, -0.1) is 0 Å². The van der Waals surface area contributed by atoms with Gasteiger partial charge in [-0.2, -0.15) is 0 Å². The van der Waals surface area contributed by atoms with E-state index in [0.717, 1.165) is 25.9 Å². The van der Waals surface area contributed by atoms with Crippen molar-refractivity contribution >= 4 is 18.0 Å². The van der Waals surface area contributed by atoms with E-state index in [2.05, 4.69) is 0 Å². The van der Waals surface area contributed by atoms with Gasteiger partial charge in [-0.25, -0.2) is 9.59 Å².